The van der Waals surface area contributed by atoms with E-state index < -0.39 is 23.8 Å². The molecule has 0 heterocycles. The number of ether oxygens (including phenoxy) is 2. The van der Waals surface area contributed by atoms with Gasteiger partial charge in [0.1, 0.15) is 11.5 Å². The Labute approximate surface area is 137 Å². The highest BCUT2D eigenvalue weighted by Gasteiger charge is 2.30. The Balaban J connectivity index is 1.95. The number of methoxy groups -OCH3 is 1. The maximum absolute atomic E-state index is 12.5. The van der Waals surface area contributed by atoms with Gasteiger partial charge < -0.3 is 14.8 Å². The highest BCUT2D eigenvalue weighted by molar-refractivity contribution is 5.94. The van der Waals surface area contributed by atoms with Crippen LogP contribution < -0.4 is 14.8 Å². The number of anilines is 1. The third-order valence-corrected chi connectivity index (χ3v) is 3.22. The van der Waals surface area contributed by atoms with Crippen molar-refractivity contribution in [1.82, 2.24) is 0 Å². The third-order valence-electron chi connectivity index (χ3n) is 3.22. The average molecular weight is 339 g/mol. The first-order valence-corrected chi connectivity index (χ1v) is 7.08. The van der Waals surface area contributed by atoms with Crippen LogP contribution in [0, 0.1) is 0 Å². The molecule has 0 bridgehead atoms. The van der Waals surface area contributed by atoms with Gasteiger partial charge in [-0.15, -0.1) is 0 Å². The van der Waals surface area contributed by atoms with Crippen molar-refractivity contribution in [2.75, 3.05) is 12.4 Å². The normalized spacial score (nSPS) is 12.4. The molecule has 0 aromatic heterocycles. The van der Waals surface area contributed by atoms with E-state index in [-0.39, 0.29) is 5.69 Å². The second-order valence-corrected chi connectivity index (χ2v) is 5.00. The number of hydrogen-bond donors (Lipinski definition) is 1. The van der Waals surface area contributed by atoms with Crippen LogP contribution in [0.3, 0.4) is 0 Å². The predicted molar refractivity (Wildman–Crippen MR) is 83.2 cm³/mol. The molecule has 24 heavy (non-hydrogen) atoms. The molecule has 0 fully saturated rings. The third kappa shape index (κ3) is 4.65. The fourth-order valence-corrected chi connectivity index (χ4v) is 1.90. The lowest BCUT2D eigenvalue weighted by atomic mass is 10.2. The van der Waals surface area contributed by atoms with Crippen LogP contribution >= 0.6 is 0 Å². The smallest absolute Gasteiger partial charge is 0.416 e. The Kier molecular flexibility index (Phi) is 5.33. The minimum Gasteiger partial charge on any atom is -0.497 e. The van der Waals surface area contributed by atoms with Gasteiger partial charge in [-0.1, -0.05) is 0 Å². The van der Waals surface area contributed by atoms with E-state index in [9.17, 15) is 18.0 Å². The van der Waals surface area contributed by atoms with E-state index in [0.29, 0.717) is 11.5 Å². The number of nitrogens with one attached hydrogen (secondary N) is 1. The standard InChI is InChI=1S/C17H16F3NO3/c1-11(24-15-9-7-14(23-2)8-10-15)16(22)21-13-5-3-12(4-6-13)17(18,19)20/h3-11H,1-2H3,(H,21,22)/t11-/m0/s1. The SMILES string of the molecule is COc1ccc(O[C@@H](C)C(=O)Nc2ccc(C(F)(F)F)cc2)cc1. The molecule has 2 rings (SSSR count). The number of carbonyl (C=O) groups is 1. The molecule has 0 aliphatic rings. The zero-order valence-corrected chi connectivity index (χ0v) is 13.1. The molecule has 0 spiro atoms. The molecule has 0 saturated heterocycles. The summed E-state index contributed by atoms with van der Waals surface area (Å²) >= 11 is 0. The molecule has 1 amide bonds. The van der Waals surface area contributed by atoms with Gasteiger partial charge in [0.15, 0.2) is 6.10 Å². The lowest BCUT2D eigenvalue weighted by Gasteiger charge is -2.15. The van der Waals surface area contributed by atoms with Crippen LogP contribution in [0.5, 0.6) is 11.5 Å². The van der Waals surface area contributed by atoms with Crippen LogP contribution in [0.15, 0.2) is 48.5 Å². The lowest BCUT2D eigenvalue weighted by Crippen LogP contribution is -2.30. The van der Waals surface area contributed by atoms with Crippen LogP contribution in [0.4, 0.5) is 18.9 Å². The van der Waals surface area contributed by atoms with Crippen molar-refractivity contribution in [3.63, 3.8) is 0 Å². The number of carbonyl (C=O) groups excluding carboxylic acids is 1. The summed E-state index contributed by atoms with van der Waals surface area (Å²) in [4.78, 5) is 12.0. The van der Waals surface area contributed by atoms with Gasteiger partial charge in [0, 0.05) is 5.69 Å². The van der Waals surface area contributed by atoms with E-state index in [1.807, 2.05) is 0 Å². The Morgan fingerprint density at radius 2 is 1.54 bits per heavy atom. The molecule has 1 N–H and O–H groups in total. The van der Waals surface area contributed by atoms with Gasteiger partial charge >= 0.3 is 6.18 Å². The summed E-state index contributed by atoms with van der Waals surface area (Å²) in [5, 5.41) is 2.51. The van der Waals surface area contributed by atoms with E-state index in [0.717, 1.165) is 12.1 Å². The zero-order chi connectivity index (χ0) is 17.7. The van der Waals surface area contributed by atoms with Crippen LogP contribution in [-0.2, 0) is 11.0 Å². The van der Waals surface area contributed by atoms with E-state index in [4.69, 9.17) is 9.47 Å². The summed E-state index contributed by atoms with van der Waals surface area (Å²) in [6.45, 7) is 1.55. The lowest BCUT2D eigenvalue weighted by molar-refractivity contribution is -0.137. The average Bonchev–Trinajstić information content (AvgIpc) is 2.55. The summed E-state index contributed by atoms with van der Waals surface area (Å²) in [6.07, 6.45) is -5.23. The fraction of sp³-hybridized carbons (Fsp3) is 0.235. The number of rotatable bonds is 5. The topological polar surface area (TPSA) is 47.6 Å². The Morgan fingerprint density at radius 3 is 2.04 bits per heavy atom. The molecule has 0 saturated carbocycles. The molecule has 7 heteroatoms. The fourth-order valence-electron chi connectivity index (χ4n) is 1.90. The summed E-state index contributed by atoms with van der Waals surface area (Å²) in [5.74, 6) is 0.667. The van der Waals surface area contributed by atoms with Crippen LogP contribution in [-0.4, -0.2) is 19.1 Å². The molecule has 0 aliphatic heterocycles. The van der Waals surface area contributed by atoms with Crippen molar-refractivity contribution < 1.29 is 27.4 Å². The first-order valence-electron chi connectivity index (χ1n) is 7.08. The quantitative estimate of drug-likeness (QED) is 0.891. The number of alkyl halides is 3. The second kappa shape index (κ2) is 7.25. The number of halogens is 3. The van der Waals surface area contributed by atoms with Crippen molar-refractivity contribution in [3.05, 3.63) is 54.1 Å². The molecule has 4 nitrogen and oxygen atoms in total. The molecular formula is C17H16F3NO3. The second-order valence-electron chi connectivity index (χ2n) is 5.00. The van der Waals surface area contributed by atoms with E-state index in [1.54, 1.807) is 31.2 Å². The van der Waals surface area contributed by atoms with Crippen molar-refractivity contribution in [2.45, 2.75) is 19.2 Å². The van der Waals surface area contributed by atoms with Crippen molar-refractivity contribution >= 4 is 11.6 Å². The molecule has 0 unspecified atom stereocenters. The predicted octanol–water partition coefficient (Wildman–Crippen LogP) is 4.12. The van der Waals surface area contributed by atoms with Gasteiger partial charge in [-0.3, -0.25) is 4.79 Å². The van der Waals surface area contributed by atoms with Crippen molar-refractivity contribution in [2.24, 2.45) is 0 Å². The largest absolute Gasteiger partial charge is 0.497 e. The maximum Gasteiger partial charge on any atom is 0.416 e. The van der Waals surface area contributed by atoms with Crippen LogP contribution in [0.25, 0.3) is 0 Å². The minimum absolute atomic E-state index is 0.262. The number of amides is 1. The molecule has 2 aromatic carbocycles. The van der Waals surface area contributed by atoms with Crippen LogP contribution in [0.2, 0.25) is 0 Å². The molecule has 2 aromatic rings. The Bertz CT molecular complexity index is 682. The molecule has 0 radical (unpaired) electrons. The van der Waals surface area contributed by atoms with Gasteiger partial charge in [-0.05, 0) is 55.5 Å². The first kappa shape index (κ1) is 17.7. The summed E-state index contributed by atoms with van der Waals surface area (Å²) in [5.41, 5.74) is -0.513. The van der Waals surface area contributed by atoms with E-state index in [1.165, 1.54) is 19.2 Å². The first-order chi connectivity index (χ1) is 11.3. The molecule has 1 atom stereocenters. The number of hydrogen-bond acceptors (Lipinski definition) is 3. The highest BCUT2D eigenvalue weighted by Crippen LogP contribution is 2.29. The van der Waals surface area contributed by atoms with Gasteiger partial charge in [-0.2, -0.15) is 13.2 Å². The van der Waals surface area contributed by atoms with E-state index in [2.05, 4.69) is 5.32 Å². The van der Waals surface area contributed by atoms with Crippen molar-refractivity contribution in [3.8, 4) is 11.5 Å². The Morgan fingerprint density at radius 1 is 1.00 bits per heavy atom. The molecule has 128 valence electrons. The zero-order valence-electron chi connectivity index (χ0n) is 13.1. The highest BCUT2D eigenvalue weighted by atomic mass is 19.4. The molecule has 0 aliphatic carbocycles. The summed E-state index contributed by atoms with van der Waals surface area (Å²) in [7, 11) is 1.54. The van der Waals surface area contributed by atoms with Gasteiger partial charge in [-0.25, -0.2) is 0 Å². The van der Waals surface area contributed by atoms with E-state index >= 15 is 0 Å². The van der Waals surface area contributed by atoms with Crippen LogP contribution in [0.1, 0.15) is 12.5 Å². The van der Waals surface area contributed by atoms with Crippen molar-refractivity contribution in [1.29, 1.82) is 0 Å². The Hall–Kier alpha value is -2.70. The minimum atomic E-state index is -4.41. The number of benzene rings is 2. The molecular weight excluding hydrogens is 323 g/mol. The van der Waals surface area contributed by atoms with Gasteiger partial charge in [0.2, 0.25) is 0 Å². The monoisotopic (exact) mass is 339 g/mol. The summed E-state index contributed by atoms with van der Waals surface area (Å²) < 4.78 is 48.0. The van der Waals surface area contributed by atoms with Gasteiger partial charge in [0.05, 0.1) is 12.7 Å². The van der Waals surface area contributed by atoms with Gasteiger partial charge in [0.25, 0.3) is 5.91 Å². The summed E-state index contributed by atoms with van der Waals surface area (Å²) in [6, 6.07) is 10.9. The maximum atomic E-state index is 12.5.